The molecule has 0 bridgehead atoms. The van der Waals surface area contributed by atoms with Crippen LogP contribution in [0.1, 0.15) is 5.56 Å². The molecule has 1 heterocycles. The van der Waals surface area contributed by atoms with Crippen molar-refractivity contribution in [3.8, 4) is 5.75 Å². The lowest BCUT2D eigenvalue weighted by Crippen LogP contribution is -2.50. The van der Waals surface area contributed by atoms with Crippen LogP contribution in [0.4, 0.5) is 14.5 Å². The van der Waals surface area contributed by atoms with E-state index in [1.165, 1.54) is 59.5 Å². The van der Waals surface area contributed by atoms with Crippen molar-refractivity contribution in [2.24, 2.45) is 0 Å². The highest BCUT2D eigenvalue weighted by Gasteiger charge is 2.34. The minimum atomic E-state index is -4.08. The summed E-state index contributed by atoms with van der Waals surface area (Å²) < 4.78 is 55.4. The molecule has 9 nitrogen and oxygen atoms in total. The zero-order valence-corrected chi connectivity index (χ0v) is 17.5. The Morgan fingerprint density at radius 1 is 1.06 bits per heavy atom. The Bertz CT molecular complexity index is 1110. The van der Waals surface area contributed by atoms with Gasteiger partial charge in [0.15, 0.2) is 4.90 Å². The number of para-hydroxylation sites is 1. The van der Waals surface area contributed by atoms with Crippen LogP contribution in [0.2, 0.25) is 0 Å². The van der Waals surface area contributed by atoms with Crippen molar-refractivity contribution < 1.29 is 31.7 Å². The Kier molecular flexibility index (Phi) is 7.15. The van der Waals surface area contributed by atoms with Gasteiger partial charge in [-0.3, -0.25) is 14.9 Å². The zero-order valence-electron chi connectivity index (χ0n) is 16.6. The summed E-state index contributed by atoms with van der Waals surface area (Å²) in [7, 11) is -4.08. The fourth-order valence-electron chi connectivity index (χ4n) is 3.15. The number of benzene rings is 2. The van der Waals surface area contributed by atoms with Gasteiger partial charge < -0.3 is 9.64 Å². The molecule has 2 aromatic rings. The van der Waals surface area contributed by atoms with Crippen LogP contribution in [0.15, 0.2) is 59.5 Å². The van der Waals surface area contributed by atoms with Crippen LogP contribution in [-0.4, -0.2) is 61.2 Å². The third-order valence-corrected chi connectivity index (χ3v) is 6.70. The molecule has 0 N–H and O–H groups in total. The van der Waals surface area contributed by atoms with Crippen molar-refractivity contribution in [2.75, 3.05) is 26.2 Å². The first kappa shape index (κ1) is 23.3. The Morgan fingerprint density at radius 3 is 2.28 bits per heavy atom. The SMILES string of the molecule is O=C(/C=C/c1ccc(OC(F)F)cc1)N1CCN(S(=O)(=O)c2ccccc2[N+](=O)[O-])CC1. The van der Waals surface area contributed by atoms with E-state index in [4.69, 9.17) is 0 Å². The Labute approximate surface area is 182 Å². The van der Waals surface area contributed by atoms with Gasteiger partial charge in [0.1, 0.15) is 5.75 Å². The number of nitro benzene ring substituents is 1. The largest absolute Gasteiger partial charge is 0.435 e. The van der Waals surface area contributed by atoms with E-state index >= 15 is 0 Å². The predicted molar refractivity (Wildman–Crippen MR) is 111 cm³/mol. The van der Waals surface area contributed by atoms with Crippen LogP contribution < -0.4 is 4.74 Å². The lowest BCUT2D eigenvalue weighted by Gasteiger charge is -2.33. The molecule has 32 heavy (non-hydrogen) atoms. The Morgan fingerprint density at radius 2 is 1.69 bits per heavy atom. The van der Waals surface area contributed by atoms with E-state index in [0.29, 0.717) is 5.56 Å². The van der Waals surface area contributed by atoms with Crippen molar-refractivity contribution in [2.45, 2.75) is 11.5 Å². The number of nitro groups is 1. The summed E-state index contributed by atoms with van der Waals surface area (Å²) >= 11 is 0. The molecule has 0 aromatic heterocycles. The van der Waals surface area contributed by atoms with Crippen molar-refractivity contribution >= 4 is 27.7 Å². The molecule has 0 aliphatic carbocycles. The van der Waals surface area contributed by atoms with Gasteiger partial charge in [0, 0.05) is 38.3 Å². The monoisotopic (exact) mass is 467 g/mol. The summed E-state index contributed by atoms with van der Waals surface area (Å²) in [6.45, 7) is -2.70. The number of halogens is 2. The topological polar surface area (TPSA) is 110 Å². The summed E-state index contributed by atoms with van der Waals surface area (Å²) in [5, 5.41) is 11.2. The Hall–Kier alpha value is -3.38. The molecule has 170 valence electrons. The first-order chi connectivity index (χ1) is 15.2. The number of alkyl halides is 2. The fraction of sp³-hybridized carbons (Fsp3) is 0.250. The van der Waals surface area contributed by atoms with Gasteiger partial charge in [-0.25, -0.2) is 8.42 Å². The highest BCUT2D eigenvalue weighted by molar-refractivity contribution is 7.89. The molecular formula is C20H19F2N3O6S. The first-order valence-corrected chi connectivity index (χ1v) is 10.9. The number of ether oxygens (including phenoxy) is 1. The number of hydrogen-bond acceptors (Lipinski definition) is 6. The molecule has 0 spiro atoms. The number of carbonyl (C=O) groups excluding carboxylic acids is 1. The van der Waals surface area contributed by atoms with Crippen LogP contribution in [0.25, 0.3) is 6.08 Å². The molecule has 1 aliphatic rings. The van der Waals surface area contributed by atoms with Crippen molar-refractivity contribution in [3.63, 3.8) is 0 Å². The predicted octanol–water partition coefficient (Wildman–Crippen LogP) is 2.74. The number of sulfonamides is 1. The second-order valence-electron chi connectivity index (χ2n) is 6.74. The molecule has 12 heteroatoms. The molecule has 1 aliphatic heterocycles. The molecule has 2 aromatic carbocycles. The second kappa shape index (κ2) is 9.83. The fourth-order valence-corrected chi connectivity index (χ4v) is 4.73. The van der Waals surface area contributed by atoms with E-state index < -0.39 is 27.2 Å². The number of amides is 1. The lowest BCUT2D eigenvalue weighted by molar-refractivity contribution is -0.387. The minimum absolute atomic E-state index is 0.000499. The average molecular weight is 467 g/mol. The smallest absolute Gasteiger partial charge is 0.387 e. The summed E-state index contributed by atoms with van der Waals surface area (Å²) in [6.07, 6.45) is 2.81. The van der Waals surface area contributed by atoms with Crippen molar-refractivity contribution in [1.29, 1.82) is 0 Å². The molecule has 3 rings (SSSR count). The number of nitrogens with zero attached hydrogens (tertiary/aromatic N) is 3. The average Bonchev–Trinajstić information content (AvgIpc) is 2.78. The highest BCUT2D eigenvalue weighted by atomic mass is 32.2. The van der Waals surface area contributed by atoms with E-state index in [1.54, 1.807) is 0 Å². The standard InChI is InChI=1S/C20H19F2N3O6S/c21-20(22)31-16-8-5-15(6-9-16)7-10-19(26)23-11-13-24(14-12-23)32(29,30)18-4-2-1-3-17(18)25(27)28/h1-10,20H,11-14H2/b10-7+. The molecule has 1 amide bonds. The lowest BCUT2D eigenvalue weighted by atomic mass is 10.2. The number of piperazine rings is 1. The van der Waals surface area contributed by atoms with Gasteiger partial charge in [-0.05, 0) is 29.8 Å². The normalized spacial score (nSPS) is 15.3. The maximum atomic E-state index is 12.8. The summed E-state index contributed by atoms with van der Waals surface area (Å²) in [6, 6.07) is 10.8. The van der Waals surface area contributed by atoms with Gasteiger partial charge >= 0.3 is 6.61 Å². The summed E-state index contributed by atoms with van der Waals surface area (Å²) in [5.74, 6) is -0.347. The van der Waals surface area contributed by atoms with Crippen molar-refractivity contribution in [3.05, 3.63) is 70.3 Å². The van der Waals surface area contributed by atoms with E-state index in [2.05, 4.69) is 4.74 Å². The third-order valence-electron chi connectivity index (χ3n) is 4.75. The summed E-state index contributed by atoms with van der Waals surface area (Å²) in [5.41, 5.74) is 0.0940. The molecule has 0 radical (unpaired) electrons. The summed E-state index contributed by atoms with van der Waals surface area (Å²) in [4.78, 5) is 23.9. The maximum absolute atomic E-state index is 12.8. The van der Waals surface area contributed by atoms with E-state index in [1.807, 2.05) is 0 Å². The van der Waals surface area contributed by atoms with Crippen LogP contribution in [0.3, 0.4) is 0 Å². The van der Waals surface area contributed by atoms with Gasteiger partial charge in [-0.2, -0.15) is 13.1 Å². The van der Waals surface area contributed by atoms with Gasteiger partial charge in [-0.1, -0.05) is 24.3 Å². The zero-order chi connectivity index (χ0) is 23.3. The number of carbonyl (C=O) groups is 1. The Balaban J connectivity index is 1.61. The third kappa shape index (κ3) is 5.45. The maximum Gasteiger partial charge on any atom is 0.387 e. The van der Waals surface area contributed by atoms with Gasteiger partial charge in [0.2, 0.25) is 15.9 Å². The van der Waals surface area contributed by atoms with Crippen LogP contribution in [0.5, 0.6) is 5.75 Å². The van der Waals surface area contributed by atoms with E-state index in [0.717, 1.165) is 10.4 Å². The molecule has 1 saturated heterocycles. The molecule has 1 fully saturated rings. The van der Waals surface area contributed by atoms with Gasteiger partial charge in [-0.15, -0.1) is 0 Å². The number of hydrogen-bond donors (Lipinski definition) is 0. The van der Waals surface area contributed by atoms with Gasteiger partial charge in [0.05, 0.1) is 4.92 Å². The van der Waals surface area contributed by atoms with Crippen LogP contribution in [0, 0.1) is 10.1 Å². The highest BCUT2D eigenvalue weighted by Crippen LogP contribution is 2.27. The van der Waals surface area contributed by atoms with Crippen molar-refractivity contribution in [1.82, 2.24) is 9.21 Å². The first-order valence-electron chi connectivity index (χ1n) is 9.44. The second-order valence-corrected chi connectivity index (χ2v) is 8.64. The quantitative estimate of drug-likeness (QED) is 0.352. The van der Waals surface area contributed by atoms with E-state index in [9.17, 15) is 32.1 Å². The van der Waals surface area contributed by atoms with E-state index in [-0.39, 0.29) is 42.7 Å². The van der Waals surface area contributed by atoms with Gasteiger partial charge in [0.25, 0.3) is 5.69 Å². The molecular weight excluding hydrogens is 448 g/mol. The molecule has 0 saturated carbocycles. The number of rotatable bonds is 7. The van der Waals surface area contributed by atoms with Crippen LogP contribution in [-0.2, 0) is 14.8 Å². The van der Waals surface area contributed by atoms with Crippen LogP contribution >= 0.6 is 0 Å². The molecule has 0 unspecified atom stereocenters. The minimum Gasteiger partial charge on any atom is -0.435 e. The molecule has 0 atom stereocenters.